The first kappa shape index (κ1) is 25.6. The van der Waals surface area contributed by atoms with Crippen LogP contribution in [0.1, 0.15) is 6.92 Å². The standard InChI is InChI=1S/C36H22N2.C3H7N/c1-2-28-22-38-21-18-30(28)31(3-1)32-13-9-27-10-14-33-29(12-8-26-11-15-34(32)36(27)35(26)33)25-6-4-23(5-7-25)24-16-19-37-20-17-24;1-3-4-2/h1-22H;3H,1-2H3. The Morgan fingerprint density at radius 3 is 1.71 bits per heavy atom. The molecule has 0 bridgehead atoms. The van der Waals surface area contributed by atoms with Crippen molar-refractivity contribution in [3.8, 4) is 33.4 Å². The van der Waals surface area contributed by atoms with Crippen molar-refractivity contribution >= 4 is 49.3 Å². The van der Waals surface area contributed by atoms with Crippen molar-refractivity contribution in [3.63, 3.8) is 0 Å². The number of rotatable bonds is 3. The summed E-state index contributed by atoms with van der Waals surface area (Å²) in [6, 6.07) is 39.8. The zero-order chi connectivity index (χ0) is 28.5. The molecule has 6 aromatic carbocycles. The molecule has 0 atom stereocenters. The van der Waals surface area contributed by atoms with Gasteiger partial charge in [0.05, 0.1) is 0 Å². The van der Waals surface area contributed by atoms with E-state index in [2.05, 4.69) is 124 Å². The lowest BCUT2D eigenvalue weighted by Crippen LogP contribution is -1.90. The smallest absolute Gasteiger partial charge is 0.0346 e. The maximum Gasteiger partial charge on any atom is 0.0346 e. The van der Waals surface area contributed by atoms with Gasteiger partial charge in [-0.3, -0.25) is 9.97 Å². The van der Waals surface area contributed by atoms with E-state index >= 15 is 0 Å². The summed E-state index contributed by atoms with van der Waals surface area (Å²) in [4.78, 5) is 12.1. The first-order valence-electron chi connectivity index (χ1n) is 14.2. The number of aromatic nitrogens is 2. The summed E-state index contributed by atoms with van der Waals surface area (Å²) >= 11 is 0. The van der Waals surface area contributed by atoms with Gasteiger partial charge in [0.2, 0.25) is 0 Å². The molecule has 2 heterocycles. The molecule has 0 spiro atoms. The molecule has 8 aromatic rings. The summed E-state index contributed by atoms with van der Waals surface area (Å²) in [7, 11) is 1.75. The Balaban J connectivity index is 0.000000680. The van der Waals surface area contributed by atoms with E-state index < -0.39 is 0 Å². The normalized spacial score (nSPS) is 11.5. The second-order valence-electron chi connectivity index (χ2n) is 10.4. The molecule has 0 saturated heterocycles. The lowest BCUT2D eigenvalue weighted by atomic mass is 9.86. The van der Waals surface area contributed by atoms with E-state index in [4.69, 9.17) is 0 Å². The SMILES string of the molecule is CC=NC.c1cc(-c2ccc3ccc4c(-c5ccc(-c6ccncc6)cc5)ccc5ccc2c3c54)c2ccncc2c1. The first-order chi connectivity index (χ1) is 20.8. The van der Waals surface area contributed by atoms with Gasteiger partial charge in [-0.2, -0.15) is 0 Å². The molecule has 3 nitrogen and oxygen atoms in total. The Morgan fingerprint density at radius 1 is 0.476 bits per heavy atom. The van der Waals surface area contributed by atoms with Gasteiger partial charge in [-0.1, -0.05) is 91.0 Å². The number of aliphatic imine (C=N–C) groups is 1. The fourth-order valence-electron chi connectivity index (χ4n) is 6.03. The molecule has 2 aromatic heterocycles. The molecule has 0 aliphatic rings. The van der Waals surface area contributed by atoms with Crippen molar-refractivity contribution in [1.29, 1.82) is 0 Å². The average Bonchev–Trinajstić information content (AvgIpc) is 3.07. The summed E-state index contributed by atoms with van der Waals surface area (Å²) in [5.41, 5.74) is 7.37. The van der Waals surface area contributed by atoms with Crippen molar-refractivity contribution in [2.24, 2.45) is 4.99 Å². The van der Waals surface area contributed by atoms with Crippen LogP contribution in [0.15, 0.2) is 139 Å². The molecule has 200 valence electrons. The lowest BCUT2D eigenvalue weighted by molar-refractivity contribution is 1.33. The van der Waals surface area contributed by atoms with E-state index in [0.717, 1.165) is 5.39 Å². The largest absolute Gasteiger partial charge is 0.301 e. The molecular weight excluding hydrogens is 510 g/mol. The van der Waals surface area contributed by atoms with E-state index in [9.17, 15) is 0 Å². The van der Waals surface area contributed by atoms with E-state index in [0.29, 0.717) is 0 Å². The summed E-state index contributed by atoms with van der Waals surface area (Å²) in [6.07, 6.45) is 9.26. The van der Waals surface area contributed by atoms with E-state index in [-0.39, 0.29) is 0 Å². The van der Waals surface area contributed by atoms with Crippen molar-refractivity contribution < 1.29 is 0 Å². The summed E-state index contributed by atoms with van der Waals surface area (Å²) in [6.45, 7) is 1.89. The van der Waals surface area contributed by atoms with Gasteiger partial charge >= 0.3 is 0 Å². The van der Waals surface area contributed by atoms with Gasteiger partial charge in [-0.15, -0.1) is 0 Å². The second-order valence-corrected chi connectivity index (χ2v) is 10.4. The van der Waals surface area contributed by atoms with Gasteiger partial charge in [0.1, 0.15) is 0 Å². The third-order valence-electron chi connectivity index (χ3n) is 8.10. The van der Waals surface area contributed by atoms with Crippen LogP contribution in [0.4, 0.5) is 0 Å². The molecule has 3 heteroatoms. The van der Waals surface area contributed by atoms with Crippen LogP contribution in [-0.2, 0) is 0 Å². The minimum absolute atomic E-state index is 1.16. The van der Waals surface area contributed by atoms with Crippen LogP contribution in [0.2, 0.25) is 0 Å². The quantitative estimate of drug-likeness (QED) is 0.165. The number of pyridine rings is 2. The summed E-state index contributed by atoms with van der Waals surface area (Å²) in [5, 5.41) is 10.2. The average molecular weight is 540 g/mol. The van der Waals surface area contributed by atoms with Gasteiger partial charge in [0.25, 0.3) is 0 Å². The zero-order valence-corrected chi connectivity index (χ0v) is 23.6. The monoisotopic (exact) mass is 539 g/mol. The van der Waals surface area contributed by atoms with Crippen LogP contribution in [0.3, 0.4) is 0 Å². The Morgan fingerprint density at radius 2 is 1.02 bits per heavy atom. The van der Waals surface area contributed by atoms with Crippen LogP contribution < -0.4 is 0 Å². The first-order valence-corrected chi connectivity index (χ1v) is 14.2. The molecule has 0 fully saturated rings. The summed E-state index contributed by atoms with van der Waals surface area (Å²) in [5.74, 6) is 0. The number of fused-ring (bicyclic) bond motifs is 1. The molecule has 0 N–H and O–H groups in total. The predicted octanol–water partition coefficient (Wildman–Crippen LogP) is 10.2. The highest BCUT2D eigenvalue weighted by atomic mass is 14.6. The van der Waals surface area contributed by atoms with Crippen molar-refractivity contribution in [2.75, 3.05) is 7.05 Å². The third-order valence-corrected chi connectivity index (χ3v) is 8.10. The Hall–Kier alpha value is -5.41. The molecule has 42 heavy (non-hydrogen) atoms. The minimum atomic E-state index is 1.16. The van der Waals surface area contributed by atoms with E-state index in [1.165, 1.54) is 71.1 Å². The Bertz CT molecular complexity index is 2190. The van der Waals surface area contributed by atoms with Crippen LogP contribution in [0.25, 0.3) is 76.5 Å². The zero-order valence-electron chi connectivity index (χ0n) is 23.6. The van der Waals surface area contributed by atoms with Gasteiger partial charge < -0.3 is 4.99 Å². The highest BCUT2D eigenvalue weighted by molar-refractivity contribution is 6.28. The van der Waals surface area contributed by atoms with Gasteiger partial charge in [-0.05, 0) is 102 Å². The van der Waals surface area contributed by atoms with Gasteiger partial charge in [0, 0.05) is 37.2 Å². The molecular formula is C39H29N3. The van der Waals surface area contributed by atoms with Crippen LogP contribution >= 0.6 is 0 Å². The molecule has 8 rings (SSSR count). The Labute approximate surface area is 245 Å². The summed E-state index contributed by atoms with van der Waals surface area (Å²) < 4.78 is 0. The Kier molecular flexibility index (Phi) is 6.61. The van der Waals surface area contributed by atoms with Crippen molar-refractivity contribution in [3.05, 3.63) is 134 Å². The molecule has 0 aliphatic carbocycles. The van der Waals surface area contributed by atoms with Crippen LogP contribution in [-0.4, -0.2) is 23.2 Å². The third kappa shape index (κ3) is 4.36. The van der Waals surface area contributed by atoms with Gasteiger partial charge in [-0.25, -0.2) is 0 Å². The van der Waals surface area contributed by atoms with Crippen molar-refractivity contribution in [1.82, 2.24) is 9.97 Å². The van der Waals surface area contributed by atoms with Crippen LogP contribution in [0.5, 0.6) is 0 Å². The minimum Gasteiger partial charge on any atom is -0.301 e. The fourth-order valence-corrected chi connectivity index (χ4v) is 6.03. The van der Waals surface area contributed by atoms with Gasteiger partial charge in [0.15, 0.2) is 0 Å². The maximum atomic E-state index is 4.33. The van der Waals surface area contributed by atoms with E-state index in [1.54, 1.807) is 13.3 Å². The van der Waals surface area contributed by atoms with Crippen LogP contribution in [0, 0.1) is 0 Å². The predicted molar refractivity (Wildman–Crippen MR) is 180 cm³/mol. The molecule has 0 saturated carbocycles. The highest BCUT2D eigenvalue weighted by Crippen LogP contribution is 2.43. The number of hydrogen-bond donors (Lipinski definition) is 0. The molecule has 0 aliphatic heterocycles. The second kappa shape index (κ2) is 10.9. The number of benzene rings is 6. The highest BCUT2D eigenvalue weighted by Gasteiger charge is 2.15. The molecule has 0 amide bonds. The topological polar surface area (TPSA) is 38.1 Å². The van der Waals surface area contributed by atoms with E-state index in [1.807, 2.05) is 31.7 Å². The molecule has 0 radical (unpaired) electrons. The maximum absolute atomic E-state index is 4.33. The number of hydrogen-bond acceptors (Lipinski definition) is 3. The fraction of sp³-hybridized carbons (Fsp3) is 0.0513. The lowest BCUT2D eigenvalue weighted by Gasteiger charge is -2.17. The number of nitrogens with zero attached hydrogens (tertiary/aromatic N) is 3. The molecule has 0 unspecified atom stereocenters. The van der Waals surface area contributed by atoms with Crippen molar-refractivity contribution in [2.45, 2.75) is 6.92 Å².